The first-order valence-electron chi connectivity index (χ1n) is 6.97. The lowest BCUT2D eigenvalue weighted by molar-refractivity contribution is 0.107. The Morgan fingerprint density at radius 1 is 1.29 bits per heavy atom. The van der Waals surface area contributed by atoms with Gasteiger partial charge in [-0.15, -0.1) is 0 Å². The van der Waals surface area contributed by atoms with E-state index in [1.807, 2.05) is 0 Å². The summed E-state index contributed by atoms with van der Waals surface area (Å²) in [5.74, 6) is 0.179. The molecule has 3 nitrogen and oxygen atoms in total. The molecule has 17 heavy (non-hydrogen) atoms. The summed E-state index contributed by atoms with van der Waals surface area (Å²) >= 11 is 0. The lowest BCUT2D eigenvalue weighted by atomic mass is 9.93. The van der Waals surface area contributed by atoms with Gasteiger partial charge in [0.1, 0.15) is 0 Å². The second-order valence-corrected chi connectivity index (χ2v) is 5.35. The average Bonchev–Trinajstić information content (AvgIpc) is 2.54. The molecule has 1 fully saturated rings. The van der Waals surface area contributed by atoms with Crippen LogP contribution in [0.5, 0.6) is 0 Å². The van der Waals surface area contributed by atoms with Gasteiger partial charge in [0.2, 0.25) is 0 Å². The number of hydrogen-bond acceptors (Lipinski definition) is 3. The highest BCUT2D eigenvalue weighted by atomic mass is 16.3. The third-order valence-corrected chi connectivity index (χ3v) is 3.81. The highest BCUT2D eigenvalue weighted by molar-refractivity contribution is 4.95. The summed E-state index contributed by atoms with van der Waals surface area (Å²) in [6, 6.07) is 3.36. The molecule has 0 radical (unpaired) electrons. The zero-order valence-electron chi connectivity index (χ0n) is 11.2. The Balaban J connectivity index is 2.70. The van der Waals surface area contributed by atoms with Crippen molar-refractivity contribution < 1.29 is 5.11 Å². The van der Waals surface area contributed by atoms with Crippen LogP contribution in [0.4, 0.5) is 0 Å². The van der Waals surface area contributed by atoms with Crippen LogP contribution in [0.15, 0.2) is 0 Å². The molecule has 0 aromatic carbocycles. The number of nitriles is 1. The summed E-state index contributed by atoms with van der Waals surface area (Å²) in [4.78, 5) is 2.43. The van der Waals surface area contributed by atoms with Crippen molar-refractivity contribution in [3.63, 3.8) is 0 Å². The highest BCUT2D eigenvalue weighted by Gasteiger charge is 2.29. The number of hydrogen-bond donors (Lipinski definition) is 1. The summed E-state index contributed by atoms with van der Waals surface area (Å²) in [5.41, 5.74) is 0. The first-order chi connectivity index (χ1) is 8.20. The van der Waals surface area contributed by atoms with Gasteiger partial charge in [0, 0.05) is 25.2 Å². The molecule has 1 rings (SSSR count). The molecule has 3 heteroatoms. The predicted octanol–water partition coefficient (Wildman–Crippen LogP) is 2.55. The molecule has 0 bridgehead atoms. The Labute approximate surface area is 105 Å². The van der Waals surface area contributed by atoms with Crippen LogP contribution in [0, 0.1) is 17.2 Å². The van der Waals surface area contributed by atoms with Crippen LogP contribution in [0.1, 0.15) is 52.4 Å². The largest absolute Gasteiger partial charge is 0.396 e. The summed E-state index contributed by atoms with van der Waals surface area (Å²) in [6.07, 6.45) is 6.70. The van der Waals surface area contributed by atoms with Crippen molar-refractivity contribution in [2.75, 3.05) is 13.2 Å². The molecule has 1 aliphatic carbocycles. The molecule has 0 spiro atoms. The maximum Gasteiger partial charge on any atom is 0.0672 e. The van der Waals surface area contributed by atoms with E-state index in [0.717, 1.165) is 25.8 Å². The van der Waals surface area contributed by atoms with Crippen LogP contribution in [0.25, 0.3) is 0 Å². The van der Waals surface area contributed by atoms with Gasteiger partial charge in [-0.25, -0.2) is 0 Å². The summed E-state index contributed by atoms with van der Waals surface area (Å²) in [6.45, 7) is 5.54. The van der Waals surface area contributed by atoms with Crippen molar-refractivity contribution in [2.24, 2.45) is 5.92 Å². The van der Waals surface area contributed by atoms with Gasteiger partial charge < -0.3 is 5.11 Å². The molecular weight excluding hydrogens is 212 g/mol. The van der Waals surface area contributed by atoms with Gasteiger partial charge in [-0.2, -0.15) is 5.26 Å². The van der Waals surface area contributed by atoms with Gasteiger partial charge in [0.05, 0.1) is 12.0 Å². The minimum atomic E-state index is 0.179. The molecule has 1 N–H and O–H groups in total. The van der Waals surface area contributed by atoms with E-state index >= 15 is 0 Å². The van der Waals surface area contributed by atoms with Crippen LogP contribution < -0.4 is 0 Å². The third kappa shape index (κ3) is 4.29. The lowest BCUT2D eigenvalue weighted by Crippen LogP contribution is -2.44. The molecule has 0 amide bonds. The molecule has 0 aromatic rings. The Bertz CT molecular complexity index is 247. The van der Waals surface area contributed by atoms with Crippen LogP contribution in [0.2, 0.25) is 0 Å². The summed E-state index contributed by atoms with van der Waals surface area (Å²) in [7, 11) is 0. The molecule has 0 saturated heterocycles. The van der Waals surface area contributed by atoms with Crippen molar-refractivity contribution in [1.29, 1.82) is 5.26 Å². The van der Waals surface area contributed by atoms with Crippen molar-refractivity contribution in [2.45, 2.75) is 64.5 Å². The normalized spacial score (nSPS) is 25.9. The van der Waals surface area contributed by atoms with E-state index < -0.39 is 0 Å². The highest BCUT2D eigenvalue weighted by Crippen LogP contribution is 2.28. The fraction of sp³-hybridized carbons (Fsp3) is 0.929. The Hall–Kier alpha value is -0.590. The first-order valence-corrected chi connectivity index (χ1v) is 6.97. The van der Waals surface area contributed by atoms with Crippen molar-refractivity contribution in [3.05, 3.63) is 0 Å². The van der Waals surface area contributed by atoms with Crippen LogP contribution in [-0.4, -0.2) is 35.2 Å². The van der Waals surface area contributed by atoms with E-state index in [4.69, 9.17) is 5.11 Å². The van der Waals surface area contributed by atoms with Gasteiger partial charge in [0.15, 0.2) is 0 Å². The Morgan fingerprint density at radius 3 is 2.59 bits per heavy atom. The van der Waals surface area contributed by atoms with E-state index in [-0.39, 0.29) is 12.5 Å². The number of rotatable bonds is 5. The third-order valence-electron chi connectivity index (χ3n) is 3.81. The number of aliphatic hydroxyl groups is 1. The molecule has 1 saturated carbocycles. The number of aliphatic hydroxyl groups excluding tert-OH is 1. The van der Waals surface area contributed by atoms with Crippen molar-refractivity contribution in [3.8, 4) is 6.07 Å². The first kappa shape index (κ1) is 14.5. The molecule has 2 atom stereocenters. The minimum Gasteiger partial charge on any atom is -0.396 e. The minimum absolute atomic E-state index is 0.179. The Kier molecular flexibility index (Phi) is 6.54. The SMILES string of the molecule is CC(C)N(CCCO)C1CCCCCC1C#N. The molecule has 2 unspecified atom stereocenters. The lowest BCUT2D eigenvalue weighted by Gasteiger charge is -2.36. The van der Waals surface area contributed by atoms with Crippen LogP contribution >= 0.6 is 0 Å². The zero-order valence-corrected chi connectivity index (χ0v) is 11.2. The van der Waals surface area contributed by atoms with E-state index in [0.29, 0.717) is 12.1 Å². The number of nitrogens with zero attached hydrogens (tertiary/aromatic N) is 2. The molecule has 0 aliphatic heterocycles. The van der Waals surface area contributed by atoms with Gasteiger partial charge in [-0.05, 0) is 33.1 Å². The predicted molar refractivity (Wildman–Crippen MR) is 69.5 cm³/mol. The molecule has 1 aliphatic rings. The fourth-order valence-corrected chi connectivity index (χ4v) is 2.90. The maximum atomic E-state index is 9.32. The quantitative estimate of drug-likeness (QED) is 0.749. The van der Waals surface area contributed by atoms with Crippen molar-refractivity contribution in [1.82, 2.24) is 4.90 Å². The Morgan fingerprint density at radius 2 is 2.00 bits per heavy atom. The van der Waals surface area contributed by atoms with E-state index in [1.54, 1.807) is 0 Å². The second-order valence-electron chi connectivity index (χ2n) is 5.35. The van der Waals surface area contributed by atoms with Crippen molar-refractivity contribution >= 4 is 0 Å². The zero-order chi connectivity index (χ0) is 12.7. The smallest absolute Gasteiger partial charge is 0.0672 e. The van der Waals surface area contributed by atoms with Gasteiger partial charge in [-0.3, -0.25) is 4.90 Å². The van der Waals surface area contributed by atoms with Crippen LogP contribution in [0.3, 0.4) is 0 Å². The summed E-state index contributed by atoms with van der Waals surface area (Å²) < 4.78 is 0. The average molecular weight is 238 g/mol. The van der Waals surface area contributed by atoms with Gasteiger partial charge in [-0.1, -0.05) is 19.3 Å². The fourth-order valence-electron chi connectivity index (χ4n) is 2.90. The maximum absolute atomic E-state index is 9.32. The standard InChI is InChI=1S/C14H26N2O/c1-12(2)16(9-6-10-17)14-8-5-3-4-7-13(14)11-15/h12-14,17H,3-10H2,1-2H3. The van der Waals surface area contributed by atoms with E-state index in [9.17, 15) is 5.26 Å². The van der Waals surface area contributed by atoms with Crippen LogP contribution in [-0.2, 0) is 0 Å². The monoisotopic (exact) mass is 238 g/mol. The van der Waals surface area contributed by atoms with Gasteiger partial charge >= 0.3 is 0 Å². The summed E-state index contributed by atoms with van der Waals surface area (Å²) in [5, 5.41) is 18.3. The van der Waals surface area contributed by atoms with Gasteiger partial charge in [0.25, 0.3) is 0 Å². The van der Waals surface area contributed by atoms with E-state index in [2.05, 4.69) is 24.8 Å². The molecule has 0 heterocycles. The van der Waals surface area contributed by atoms with E-state index in [1.165, 1.54) is 19.3 Å². The topological polar surface area (TPSA) is 47.3 Å². The second kappa shape index (κ2) is 7.68. The molecule has 98 valence electrons. The molecule has 0 aromatic heterocycles. The molecular formula is C14H26N2O.